The van der Waals surface area contributed by atoms with Gasteiger partial charge in [-0.2, -0.15) is 0 Å². The average Bonchev–Trinajstić information content (AvgIpc) is 3.35. The number of anilines is 2. The molecule has 2 N–H and O–H groups in total. The van der Waals surface area contributed by atoms with Gasteiger partial charge in [0, 0.05) is 29.9 Å². The zero-order valence-corrected chi connectivity index (χ0v) is 19.6. The highest BCUT2D eigenvalue weighted by atomic mass is 16.5. The minimum absolute atomic E-state index is 0.133. The molecule has 8 nitrogen and oxygen atoms in total. The number of hydrogen-bond acceptors (Lipinski definition) is 7. The number of ether oxygens (including phenoxy) is 1. The standard InChI is InChI=1S/C28H25N5O3/c34-26-25(30-24(19-8-2-1-3-9-19)22-12-6-7-13-23(22)29-26)31-28-33-32-27(36-28)21-11-5-4-10-20(21)18-14-16-35-17-15-18/h1-13,18,25H,14-17H2,(H,29,34)(H,31,33)/t25-/m1/s1. The number of carbonyl (C=O) groups is 1. The molecule has 180 valence electrons. The van der Waals surface area contributed by atoms with Crippen LogP contribution in [0.3, 0.4) is 0 Å². The fourth-order valence-electron chi connectivity index (χ4n) is 4.74. The molecule has 1 fully saturated rings. The number of nitrogens with one attached hydrogen (secondary N) is 2. The third-order valence-corrected chi connectivity index (χ3v) is 6.53. The van der Waals surface area contributed by atoms with E-state index in [0.717, 1.165) is 42.7 Å². The van der Waals surface area contributed by atoms with Crippen molar-refractivity contribution in [2.24, 2.45) is 4.99 Å². The van der Waals surface area contributed by atoms with Crippen LogP contribution in [0.1, 0.15) is 35.4 Å². The molecule has 0 saturated carbocycles. The number of fused-ring (bicyclic) bond motifs is 1. The van der Waals surface area contributed by atoms with Crippen LogP contribution in [0.2, 0.25) is 0 Å². The first kappa shape index (κ1) is 22.2. The van der Waals surface area contributed by atoms with E-state index in [-0.39, 0.29) is 11.9 Å². The zero-order chi connectivity index (χ0) is 24.3. The number of aliphatic imine (C=N–C) groups is 1. The highest BCUT2D eigenvalue weighted by molar-refractivity contribution is 6.19. The van der Waals surface area contributed by atoms with Crippen molar-refractivity contribution in [1.82, 2.24) is 10.2 Å². The Morgan fingerprint density at radius 1 is 0.833 bits per heavy atom. The van der Waals surface area contributed by atoms with Gasteiger partial charge in [-0.1, -0.05) is 71.8 Å². The van der Waals surface area contributed by atoms with E-state index in [0.29, 0.717) is 23.2 Å². The lowest BCUT2D eigenvalue weighted by Gasteiger charge is -2.23. The Labute approximate surface area is 208 Å². The maximum Gasteiger partial charge on any atom is 0.317 e. The third-order valence-electron chi connectivity index (χ3n) is 6.53. The van der Waals surface area contributed by atoms with Crippen LogP contribution in [0.4, 0.5) is 11.7 Å². The minimum atomic E-state index is -0.952. The summed E-state index contributed by atoms with van der Waals surface area (Å²) in [5.74, 6) is 0.474. The maximum atomic E-state index is 13.1. The summed E-state index contributed by atoms with van der Waals surface area (Å²) in [6, 6.07) is 25.6. The van der Waals surface area contributed by atoms with Crippen molar-refractivity contribution < 1.29 is 13.9 Å². The molecule has 0 radical (unpaired) electrons. The number of benzene rings is 3. The summed E-state index contributed by atoms with van der Waals surface area (Å²) in [4.78, 5) is 17.9. The molecule has 2 aliphatic rings. The van der Waals surface area contributed by atoms with Crippen molar-refractivity contribution in [1.29, 1.82) is 0 Å². The summed E-state index contributed by atoms with van der Waals surface area (Å²) in [5, 5.41) is 14.5. The van der Waals surface area contributed by atoms with Crippen LogP contribution in [-0.4, -0.2) is 41.2 Å². The Hall–Kier alpha value is -4.30. The fourth-order valence-corrected chi connectivity index (χ4v) is 4.74. The van der Waals surface area contributed by atoms with E-state index >= 15 is 0 Å². The molecule has 1 saturated heterocycles. The van der Waals surface area contributed by atoms with Gasteiger partial charge in [-0.25, -0.2) is 4.99 Å². The summed E-state index contributed by atoms with van der Waals surface area (Å²) >= 11 is 0. The van der Waals surface area contributed by atoms with E-state index in [9.17, 15) is 4.79 Å². The van der Waals surface area contributed by atoms with E-state index in [2.05, 4.69) is 26.9 Å². The Morgan fingerprint density at radius 3 is 2.39 bits per heavy atom. The molecule has 3 aromatic carbocycles. The third kappa shape index (κ3) is 4.38. The van der Waals surface area contributed by atoms with E-state index < -0.39 is 6.17 Å². The van der Waals surface area contributed by atoms with Crippen LogP contribution in [-0.2, 0) is 9.53 Å². The summed E-state index contributed by atoms with van der Waals surface area (Å²) in [5.41, 5.74) is 5.22. The number of benzodiazepines with no additional fused rings is 1. The van der Waals surface area contributed by atoms with E-state index in [1.54, 1.807) is 0 Å². The van der Waals surface area contributed by atoms with Crippen LogP contribution < -0.4 is 10.6 Å². The predicted molar refractivity (Wildman–Crippen MR) is 137 cm³/mol. The Morgan fingerprint density at radius 2 is 1.56 bits per heavy atom. The van der Waals surface area contributed by atoms with Crippen LogP contribution in [0.25, 0.3) is 11.5 Å². The molecule has 0 aliphatic carbocycles. The smallest absolute Gasteiger partial charge is 0.317 e. The van der Waals surface area contributed by atoms with Crippen LogP contribution in [0, 0.1) is 0 Å². The molecule has 3 heterocycles. The molecule has 2 aliphatic heterocycles. The lowest BCUT2D eigenvalue weighted by Crippen LogP contribution is -2.32. The first-order valence-electron chi connectivity index (χ1n) is 12.1. The molecule has 0 unspecified atom stereocenters. The van der Waals surface area contributed by atoms with Crippen molar-refractivity contribution in [3.05, 3.63) is 95.6 Å². The van der Waals surface area contributed by atoms with Gasteiger partial charge in [0.25, 0.3) is 5.91 Å². The van der Waals surface area contributed by atoms with Crippen molar-refractivity contribution in [2.45, 2.75) is 24.9 Å². The highest BCUT2D eigenvalue weighted by Gasteiger charge is 2.28. The van der Waals surface area contributed by atoms with Gasteiger partial charge in [-0.05, 0) is 36.5 Å². The molecule has 1 aromatic heterocycles. The van der Waals surface area contributed by atoms with Crippen molar-refractivity contribution >= 4 is 23.3 Å². The summed E-state index contributed by atoms with van der Waals surface area (Å²) < 4.78 is 11.5. The van der Waals surface area contributed by atoms with Crippen molar-refractivity contribution in [3.63, 3.8) is 0 Å². The fraction of sp³-hybridized carbons (Fsp3) is 0.214. The average molecular weight is 480 g/mol. The van der Waals surface area contributed by atoms with Crippen LogP contribution in [0.5, 0.6) is 0 Å². The van der Waals surface area contributed by atoms with E-state index in [1.165, 1.54) is 5.56 Å². The molecule has 4 aromatic rings. The number of rotatable bonds is 5. The molecule has 0 spiro atoms. The van der Waals surface area contributed by atoms with Gasteiger partial charge in [-0.3, -0.25) is 4.79 Å². The summed E-state index contributed by atoms with van der Waals surface area (Å²) in [6.07, 6.45) is 0.957. The Bertz CT molecular complexity index is 1410. The summed E-state index contributed by atoms with van der Waals surface area (Å²) in [7, 11) is 0. The zero-order valence-electron chi connectivity index (χ0n) is 19.6. The molecule has 8 heteroatoms. The second kappa shape index (κ2) is 9.75. The van der Waals surface area contributed by atoms with Gasteiger partial charge in [-0.15, -0.1) is 5.10 Å². The SMILES string of the molecule is O=C1Nc2ccccc2C(c2ccccc2)=N[C@@H]1Nc1nnc(-c2ccccc2C2CCOCC2)o1. The number of nitrogens with zero attached hydrogens (tertiary/aromatic N) is 3. The maximum absolute atomic E-state index is 13.1. The monoisotopic (exact) mass is 479 g/mol. The Kier molecular flexibility index (Phi) is 6.01. The first-order chi connectivity index (χ1) is 17.8. The lowest BCUT2D eigenvalue weighted by molar-refractivity contribution is -0.116. The number of amides is 1. The summed E-state index contributed by atoms with van der Waals surface area (Å²) in [6.45, 7) is 1.49. The largest absolute Gasteiger partial charge is 0.403 e. The van der Waals surface area contributed by atoms with Gasteiger partial charge in [0.2, 0.25) is 12.1 Å². The normalized spacial score (nSPS) is 18.1. The molecule has 0 bridgehead atoms. The quantitative estimate of drug-likeness (QED) is 0.424. The van der Waals surface area contributed by atoms with Gasteiger partial charge in [0.1, 0.15) is 0 Å². The second-order valence-electron chi connectivity index (χ2n) is 8.81. The Balaban J connectivity index is 1.32. The predicted octanol–water partition coefficient (Wildman–Crippen LogP) is 4.86. The number of para-hydroxylation sites is 1. The second-order valence-corrected chi connectivity index (χ2v) is 8.81. The topological polar surface area (TPSA) is 102 Å². The molecular weight excluding hydrogens is 454 g/mol. The number of carbonyl (C=O) groups excluding carboxylic acids is 1. The molecule has 6 rings (SSSR count). The van der Waals surface area contributed by atoms with E-state index in [4.69, 9.17) is 14.1 Å². The number of hydrogen-bond donors (Lipinski definition) is 2. The molecular formula is C28H25N5O3. The van der Waals surface area contributed by atoms with Crippen LogP contribution in [0.15, 0.2) is 88.3 Å². The molecule has 1 amide bonds. The lowest BCUT2D eigenvalue weighted by atomic mass is 9.88. The minimum Gasteiger partial charge on any atom is -0.403 e. The first-order valence-corrected chi connectivity index (χ1v) is 12.1. The van der Waals surface area contributed by atoms with Crippen LogP contribution >= 0.6 is 0 Å². The van der Waals surface area contributed by atoms with Gasteiger partial charge in [0.05, 0.1) is 11.4 Å². The number of aromatic nitrogens is 2. The highest BCUT2D eigenvalue weighted by Crippen LogP contribution is 2.35. The van der Waals surface area contributed by atoms with Gasteiger partial charge < -0.3 is 19.8 Å². The van der Waals surface area contributed by atoms with Crippen molar-refractivity contribution in [2.75, 3.05) is 23.8 Å². The van der Waals surface area contributed by atoms with Gasteiger partial charge in [0.15, 0.2) is 0 Å². The van der Waals surface area contributed by atoms with Gasteiger partial charge >= 0.3 is 6.01 Å². The van der Waals surface area contributed by atoms with E-state index in [1.807, 2.05) is 72.8 Å². The molecule has 1 atom stereocenters. The van der Waals surface area contributed by atoms with Crippen molar-refractivity contribution in [3.8, 4) is 11.5 Å². The molecule has 36 heavy (non-hydrogen) atoms.